The zero-order chi connectivity index (χ0) is 20.5. The average Bonchev–Trinajstić information content (AvgIpc) is 3.27. The van der Waals surface area contributed by atoms with Gasteiger partial charge in [-0.2, -0.15) is 0 Å². The SMILES string of the molecule is CC(C)[C@H]1N2C13C=CC=C[C@@H]3[C@@H](c1ccccc1)O[Si]2(C(C)(C)C)C(C)(C)C. The number of hydrogen-bond acceptors (Lipinski definition) is 2. The van der Waals surface area contributed by atoms with Crippen LogP contribution in [0.25, 0.3) is 0 Å². The van der Waals surface area contributed by atoms with E-state index in [1.807, 2.05) is 0 Å². The van der Waals surface area contributed by atoms with Gasteiger partial charge in [-0.15, -0.1) is 0 Å². The third-order valence-electron chi connectivity index (χ3n) is 7.18. The summed E-state index contributed by atoms with van der Waals surface area (Å²) in [5, 5.41) is 0.212. The fraction of sp³-hybridized carbons (Fsp3) is 0.600. The molecule has 0 N–H and O–H groups in total. The number of rotatable bonds is 2. The summed E-state index contributed by atoms with van der Waals surface area (Å²) in [6.45, 7) is 19.3. The van der Waals surface area contributed by atoms with E-state index < -0.39 is 8.48 Å². The Labute approximate surface area is 172 Å². The Bertz CT molecular complexity index is 784. The van der Waals surface area contributed by atoms with Crippen LogP contribution in [0.1, 0.15) is 67.1 Å². The van der Waals surface area contributed by atoms with Crippen molar-refractivity contribution in [1.82, 2.24) is 4.57 Å². The van der Waals surface area contributed by atoms with Crippen LogP contribution in [0.2, 0.25) is 10.1 Å². The van der Waals surface area contributed by atoms with Crippen LogP contribution in [0.4, 0.5) is 0 Å². The lowest BCUT2D eigenvalue weighted by molar-refractivity contribution is 0.0595. The van der Waals surface area contributed by atoms with Gasteiger partial charge in [0.15, 0.2) is 0 Å². The Balaban J connectivity index is 1.97. The molecule has 2 fully saturated rings. The van der Waals surface area contributed by atoms with Crippen molar-refractivity contribution in [2.24, 2.45) is 11.8 Å². The van der Waals surface area contributed by atoms with Crippen molar-refractivity contribution in [3.05, 3.63) is 60.2 Å². The maximum Gasteiger partial charge on any atom is 0.284 e. The molecule has 0 amide bonds. The Morgan fingerprint density at radius 2 is 1.57 bits per heavy atom. The molecule has 28 heavy (non-hydrogen) atoms. The molecule has 1 aromatic rings. The van der Waals surface area contributed by atoms with Crippen molar-refractivity contribution in [1.29, 1.82) is 0 Å². The maximum absolute atomic E-state index is 7.47. The smallest absolute Gasteiger partial charge is 0.284 e. The minimum atomic E-state index is -2.36. The van der Waals surface area contributed by atoms with E-state index in [9.17, 15) is 0 Å². The molecule has 2 saturated heterocycles. The average molecular weight is 396 g/mol. The van der Waals surface area contributed by atoms with Gasteiger partial charge in [-0.05, 0) is 21.6 Å². The summed E-state index contributed by atoms with van der Waals surface area (Å²) in [5.41, 5.74) is 1.43. The van der Waals surface area contributed by atoms with Gasteiger partial charge >= 0.3 is 0 Å². The fourth-order valence-electron chi connectivity index (χ4n) is 6.62. The Morgan fingerprint density at radius 1 is 0.964 bits per heavy atom. The summed E-state index contributed by atoms with van der Waals surface area (Å²) in [7, 11) is -2.36. The molecule has 5 atom stereocenters. The predicted molar refractivity (Wildman–Crippen MR) is 120 cm³/mol. The van der Waals surface area contributed by atoms with Crippen molar-refractivity contribution < 1.29 is 4.43 Å². The van der Waals surface area contributed by atoms with Crippen LogP contribution in [-0.4, -0.2) is 24.6 Å². The van der Waals surface area contributed by atoms with E-state index in [-0.39, 0.29) is 21.7 Å². The first kappa shape index (κ1) is 20.1. The molecule has 1 aromatic carbocycles. The van der Waals surface area contributed by atoms with Gasteiger partial charge in [-0.1, -0.05) is 110 Å². The van der Waals surface area contributed by atoms with E-state index >= 15 is 0 Å². The third-order valence-corrected chi connectivity index (χ3v) is 13.2. The predicted octanol–water partition coefficient (Wildman–Crippen LogP) is 6.62. The van der Waals surface area contributed by atoms with Crippen molar-refractivity contribution >= 4 is 8.48 Å². The molecule has 0 saturated carbocycles. The van der Waals surface area contributed by atoms with Crippen LogP contribution in [0.3, 0.4) is 0 Å². The Kier molecular flexibility index (Phi) is 4.43. The number of nitrogens with zero attached hydrogens (tertiary/aromatic N) is 1. The zero-order valence-electron chi connectivity index (χ0n) is 18.9. The van der Waals surface area contributed by atoms with E-state index in [2.05, 4.69) is 115 Å². The summed E-state index contributed by atoms with van der Waals surface area (Å²) in [4.78, 5) is 0. The zero-order valence-corrected chi connectivity index (χ0v) is 19.9. The van der Waals surface area contributed by atoms with Crippen molar-refractivity contribution in [3.63, 3.8) is 0 Å². The van der Waals surface area contributed by atoms with Crippen LogP contribution in [-0.2, 0) is 4.43 Å². The minimum absolute atomic E-state index is 0.106. The first-order valence-electron chi connectivity index (χ1n) is 10.9. The summed E-state index contributed by atoms with van der Waals surface area (Å²) in [6.07, 6.45) is 9.55. The molecule has 3 aliphatic rings. The third kappa shape index (κ3) is 2.45. The molecule has 3 heteroatoms. The number of hydrogen-bond donors (Lipinski definition) is 0. The van der Waals surface area contributed by atoms with Crippen molar-refractivity contribution in [3.8, 4) is 0 Å². The van der Waals surface area contributed by atoms with Gasteiger partial charge in [0.2, 0.25) is 0 Å². The van der Waals surface area contributed by atoms with Gasteiger partial charge in [0.25, 0.3) is 8.48 Å². The van der Waals surface area contributed by atoms with Crippen LogP contribution in [0.5, 0.6) is 0 Å². The van der Waals surface area contributed by atoms with Crippen LogP contribution < -0.4 is 0 Å². The highest BCUT2D eigenvalue weighted by molar-refractivity contribution is 6.78. The molecule has 1 aliphatic carbocycles. The topological polar surface area (TPSA) is 12.2 Å². The molecule has 2 nitrogen and oxygen atoms in total. The molecule has 0 aromatic heterocycles. The van der Waals surface area contributed by atoms with Gasteiger partial charge in [-0.3, -0.25) is 4.57 Å². The lowest BCUT2D eigenvalue weighted by Crippen LogP contribution is -2.67. The van der Waals surface area contributed by atoms with Gasteiger partial charge in [0.05, 0.1) is 11.6 Å². The summed E-state index contributed by atoms with van der Waals surface area (Å²) in [5.74, 6) is 0.978. The highest BCUT2D eigenvalue weighted by Gasteiger charge is 2.81. The molecule has 0 radical (unpaired) electrons. The molecule has 152 valence electrons. The maximum atomic E-state index is 7.47. The molecule has 2 unspecified atom stereocenters. The van der Waals surface area contributed by atoms with Gasteiger partial charge in [-0.25, -0.2) is 0 Å². The largest absolute Gasteiger partial charge is 0.394 e. The van der Waals surface area contributed by atoms with Crippen molar-refractivity contribution in [2.75, 3.05) is 0 Å². The molecule has 1 spiro atoms. The lowest BCUT2D eigenvalue weighted by Gasteiger charge is -2.58. The standard InChI is InChI=1S/C25H37NOSi/c1-18(2)22-25-17-13-12-16-20(25)21(19-14-10-9-11-15-19)27-28(26(22)25,23(3,4)5)24(6,7)8/h9-18,20-22H,1-8H3/t20-,21-,22-,25?,26?/m1/s1. The highest BCUT2D eigenvalue weighted by atomic mass is 28.4. The lowest BCUT2D eigenvalue weighted by atomic mass is 9.77. The minimum Gasteiger partial charge on any atom is -0.394 e. The molecule has 0 bridgehead atoms. The van der Waals surface area contributed by atoms with Gasteiger partial charge in [0, 0.05) is 12.0 Å². The molecule has 2 heterocycles. The van der Waals surface area contributed by atoms with Crippen LogP contribution in [0.15, 0.2) is 54.6 Å². The molecular weight excluding hydrogens is 358 g/mol. The number of allylic oxidation sites excluding steroid dienone is 2. The highest BCUT2D eigenvalue weighted by Crippen LogP contribution is 2.71. The summed E-state index contributed by atoms with van der Waals surface area (Å²) in [6, 6.07) is 11.5. The first-order valence-corrected chi connectivity index (χ1v) is 12.7. The second-order valence-corrected chi connectivity index (χ2v) is 16.3. The molecule has 2 aliphatic heterocycles. The summed E-state index contributed by atoms with van der Waals surface area (Å²) < 4.78 is 10.4. The van der Waals surface area contributed by atoms with E-state index in [0.717, 1.165) is 0 Å². The quantitative estimate of drug-likeness (QED) is 0.412. The van der Waals surface area contributed by atoms with E-state index in [1.54, 1.807) is 0 Å². The second kappa shape index (κ2) is 6.17. The van der Waals surface area contributed by atoms with E-state index in [1.165, 1.54) is 5.56 Å². The van der Waals surface area contributed by atoms with Gasteiger partial charge in [0.1, 0.15) is 0 Å². The molecular formula is C25H37NOSi. The van der Waals surface area contributed by atoms with E-state index in [0.29, 0.717) is 17.9 Å². The number of benzene rings is 1. The van der Waals surface area contributed by atoms with E-state index in [4.69, 9.17) is 4.43 Å². The monoisotopic (exact) mass is 395 g/mol. The van der Waals surface area contributed by atoms with Crippen LogP contribution in [0, 0.1) is 11.8 Å². The fourth-order valence-corrected chi connectivity index (χ4v) is 13.5. The summed E-state index contributed by atoms with van der Waals surface area (Å²) >= 11 is 0. The molecule has 4 rings (SSSR count). The van der Waals surface area contributed by atoms with Crippen molar-refractivity contribution in [2.45, 2.75) is 83.2 Å². The van der Waals surface area contributed by atoms with Gasteiger partial charge < -0.3 is 4.43 Å². The van der Waals surface area contributed by atoms with Crippen LogP contribution >= 0.6 is 0 Å². The Morgan fingerprint density at radius 3 is 2.11 bits per heavy atom. The normalized spacial score (nSPS) is 36.2. The Hall–Kier alpha value is -1.16. The second-order valence-electron chi connectivity index (χ2n) is 11.3. The first-order chi connectivity index (χ1) is 13.0.